The molecule has 168 valence electrons. The SMILES string of the molecule is CCCOc1ccc(N2C(=O)C[C@H]([NH+]3CCN(c4ccc([N+](=O)[O-])cc4)CC3)C2=O)cc1. The van der Waals surface area contributed by atoms with Gasteiger partial charge in [0, 0.05) is 17.8 Å². The van der Waals surface area contributed by atoms with Crippen LogP contribution in [0.5, 0.6) is 5.75 Å². The fourth-order valence-corrected chi connectivity index (χ4v) is 4.32. The summed E-state index contributed by atoms with van der Waals surface area (Å²) in [5.74, 6) is 0.391. The molecule has 0 spiro atoms. The van der Waals surface area contributed by atoms with Crippen LogP contribution in [-0.4, -0.2) is 55.6 Å². The van der Waals surface area contributed by atoms with Crippen LogP contribution in [0.2, 0.25) is 0 Å². The Hall–Kier alpha value is -3.46. The number of ether oxygens (including phenoxy) is 1. The van der Waals surface area contributed by atoms with Crippen LogP contribution < -0.4 is 19.4 Å². The van der Waals surface area contributed by atoms with Gasteiger partial charge in [0.25, 0.3) is 11.6 Å². The molecule has 1 atom stereocenters. The molecule has 2 saturated heterocycles. The highest BCUT2D eigenvalue weighted by Gasteiger charge is 2.46. The number of amides is 2. The molecule has 2 amide bonds. The van der Waals surface area contributed by atoms with E-state index in [0.29, 0.717) is 25.4 Å². The Morgan fingerprint density at radius 3 is 2.25 bits per heavy atom. The molecule has 0 saturated carbocycles. The first-order valence-electron chi connectivity index (χ1n) is 10.9. The first-order valence-corrected chi connectivity index (χ1v) is 10.9. The summed E-state index contributed by atoms with van der Waals surface area (Å²) in [5, 5.41) is 10.8. The second-order valence-electron chi connectivity index (χ2n) is 8.09. The third-order valence-corrected chi connectivity index (χ3v) is 6.04. The summed E-state index contributed by atoms with van der Waals surface area (Å²) in [6.45, 7) is 5.53. The fourth-order valence-electron chi connectivity index (χ4n) is 4.32. The molecule has 0 unspecified atom stereocenters. The number of quaternary nitrogens is 1. The zero-order valence-electron chi connectivity index (χ0n) is 18.0. The number of imide groups is 1. The Labute approximate surface area is 186 Å². The monoisotopic (exact) mass is 439 g/mol. The van der Waals surface area contributed by atoms with Crippen molar-refractivity contribution in [2.45, 2.75) is 25.8 Å². The van der Waals surface area contributed by atoms with Crippen LogP contribution in [0.4, 0.5) is 17.1 Å². The molecule has 2 fully saturated rings. The number of carbonyl (C=O) groups is 2. The molecule has 2 heterocycles. The quantitative estimate of drug-likeness (QED) is 0.398. The molecule has 0 bridgehead atoms. The van der Waals surface area contributed by atoms with Crippen LogP contribution in [0.25, 0.3) is 0 Å². The average Bonchev–Trinajstić information content (AvgIpc) is 3.12. The number of nitrogens with zero attached hydrogens (tertiary/aromatic N) is 3. The molecular weight excluding hydrogens is 412 g/mol. The van der Waals surface area contributed by atoms with Crippen LogP contribution >= 0.6 is 0 Å². The second-order valence-corrected chi connectivity index (χ2v) is 8.09. The van der Waals surface area contributed by atoms with Crippen LogP contribution in [-0.2, 0) is 9.59 Å². The van der Waals surface area contributed by atoms with Gasteiger partial charge in [0.05, 0.1) is 49.8 Å². The van der Waals surface area contributed by atoms with Crippen molar-refractivity contribution >= 4 is 28.9 Å². The minimum absolute atomic E-state index is 0.0677. The van der Waals surface area contributed by atoms with Gasteiger partial charge >= 0.3 is 0 Å². The zero-order chi connectivity index (χ0) is 22.7. The van der Waals surface area contributed by atoms with E-state index in [1.807, 2.05) is 6.92 Å². The number of benzene rings is 2. The lowest BCUT2D eigenvalue weighted by Crippen LogP contribution is -3.19. The predicted octanol–water partition coefficient (Wildman–Crippen LogP) is 1.42. The van der Waals surface area contributed by atoms with E-state index in [-0.39, 0.29) is 30.0 Å². The highest BCUT2D eigenvalue weighted by atomic mass is 16.6. The van der Waals surface area contributed by atoms with Crippen LogP contribution in [0, 0.1) is 10.1 Å². The number of non-ortho nitro benzene ring substituents is 1. The van der Waals surface area contributed by atoms with Gasteiger partial charge in [0.15, 0.2) is 6.04 Å². The zero-order valence-corrected chi connectivity index (χ0v) is 18.0. The third-order valence-electron chi connectivity index (χ3n) is 6.04. The van der Waals surface area contributed by atoms with E-state index in [0.717, 1.165) is 35.8 Å². The Kier molecular flexibility index (Phi) is 6.36. The summed E-state index contributed by atoms with van der Waals surface area (Å²) in [6, 6.07) is 13.2. The number of carbonyl (C=O) groups excluding carboxylic acids is 2. The molecule has 0 radical (unpaired) electrons. The van der Waals surface area contributed by atoms with E-state index in [9.17, 15) is 19.7 Å². The van der Waals surface area contributed by atoms with E-state index in [2.05, 4.69) is 4.90 Å². The largest absolute Gasteiger partial charge is 0.494 e. The molecule has 2 aromatic rings. The van der Waals surface area contributed by atoms with Crippen LogP contribution in [0.15, 0.2) is 48.5 Å². The Balaban J connectivity index is 1.37. The normalized spacial score (nSPS) is 19.5. The van der Waals surface area contributed by atoms with Crippen molar-refractivity contribution in [2.75, 3.05) is 42.6 Å². The summed E-state index contributed by atoms with van der Waals surface area (Å²) in [5.41, 5.74) is 1.57. The minimum atomic E-state index is -0.411. The van der Waals surface area contributed by atoms with Crippen molar-refractivity contribution in [3.63, 3.8) is 0 Å². The second kappa shape index (κ2) is 9.35. The maximum atomic E-state index is 13.1. The molecule has 9 nitrogen and oxygen atoms in total. The van der Waals surface area contributed by atoms with Gasteiger partial charge in [-0.25, -0.2) is 4.90 Å². The van der Waals surface area contributed by atoms with Gasteiger partial charge in [0.2, 0.25) is 5.91 Å². The maximum Gasteiger partial charge on any atom is 0.292 e. The number of nitrogens with one attached hydrogen (secondary N) is 1. The Morgan fingerprint density at radius 2 is 1.66 bits per heavy atom. The number of hydrogen-bond donors (Lipinski definition) is 1. The van der Waals surface area contributed by atoms with Crippen molar-refractivity contribution < 1.29 is 24.1 Å². The molecule has 2 aliphatic heterocycles. The summed E-state index contributed by atoms with van der Waals surface area (Å²) >= 11 is 0. The topological polar surface area (TPSA) is 97.4 Å². The van der Waals surface area contributed by atoms with Crippen molar-refractivity contribution in [1.82, 2.24) is 0 Å². The van der Waals surface area contributed by atoms with Gasteiger partial charge in [-0.05, 0) is 42.8 Å². The lowest BCUT2D eigenvalue weighted by atomic mass is 10.1. The summed E-state index contributed by atoms with van der Waals surface area (Å²) in [4.78, 5) is 40.7. The predicted molar refractivity (Wildman–Crippen MR) is 119 cm³/mol. The van der Waals surface area contributed by atoms with Crippen molar-refractivity contribution in [3.05, 3.63) is 58.6 Å². The lowest BCUT2D eigenvalue weighted by Gasteiger charge is -2.35. The number of hydrogen-bond acceptors (Lipinski definition) is 6. The first-order chi connectivity index (χ1) is 15.5. The molecular formula is C23H27N4O5+. The van der Waals surface area contributed by atoms with E-state index < -0.39 is 4.92 Å². The lowest BCUT2D eigenvalue weighted by molar-refractivity contribution is -0.915. The Morgan fingerprint density at radius 1 is 1.03 bits per heavy atom. The molecule has 0 aliphatic carbocycles. The molecule has 32 heavy (non-hydrogen) atoms. The maximum absolute atomic E-state index is 13.1. The molecule has 4 rings (SSSR count). The van der Waals surface area contributed by atoms with E-state index in [1.165, 1.54) is 17.0 Å². The molecule has 2 aromatic carbocycles. The van der Waals surface area contributed by atoms with Gasteiger partial charge < -0.3 is 14.5 Å². The summed E-state index contributed by atoms with van der Waals surface area (Å²) in [6.07, 6.45) is 1.12. The van der Waals surface area contributed by atoms with Gasteiger partial charge in [0.1, 0.15) is 5.75 Å². The van der Waals surface area contributed by atoms with Crippen molar-refractivity contribution in [2.24, 2.45) is 0 Å². The van der Waals surface area contributed by atoms with Crippen LogP contribution in [0.1, 0.15) is 19.8 Å². The standard InChI is InChI=1S/C23H26N4O5/c1-2-15-32-20-9-7-18(8-10-20)26-22(28)16-21(23(26)29)25-13-11-24(12-14-25)17-3-5-19(6-4-17)27(30)31/h3-10,21H,2,11-16H2,1H3/p+1/t21-/m0/s1. The molecule has 9 heteroatoms. The fraction of sp³-hybridized carbons (Fsp3) is 0.391. The van der Waals surface area contributed by atoms with Crippen molar-refractivity contribution in [1.29, 1.82) is 0 Å². The Bertz CT molecular complexity index is 984. The smallest absolute Gasteiger partial charge is 0.292 e. The highest BCUT2D eigenvalue weighted by molar-refractivity contribution is 6.21. The molecule has 1 N–H and O–H groups in total. The minimum Gasteiger partial charge on any atom is -0.494 e. The highest BCUT2D eigenvalue weighted by Crippen LogP contribution is 2.25. The molecule has 0 aromatic heterocycles. The van der Waals surface area contributed by atoms with Gasteiger partial charge in [-0.1, -0.05) is 6.92 Å². The van der Waals surface area contributed by atoms with Gasteiger partial charge in [-0.2, -0.15) is 0 Å². The first kappa shape index (κ1) is 21.8. The molecule has 2 aliphatic rings. The number of nitro groups is 1. The van der Waals surface area contributed by atoms with Gasteiger partial charge in [-0.3, -0.25) is 19.7 Å². The summed E-state index contributed by atoms with van der Waals surface area (Å²) < 4.78 is 5.58. The average molecular weight is 439 g/mol. The van der Waals surface area contributed by atoms with E-state index >= 15 is 0 Å². The van der Waals surface area contributed by atoms with Crippen LogP contribution in [0.3, 0.4) is 0 Å². The van der Waals surface area contributed by atoms with Crippen molar-refractivity contribution in [3.8, 4) is 5.75 Å². The van der Waals surface area contributed by atoms with E-state index in [4.69, 9.17) is 4.74 Å². The van der Waals surface area contributed by atoms with Gasteiger partial charge in [-0.15, -0.1) is 0 Å². The summed E-state index contributed by atoms with van der Waals surface area (Å²) in [7, 11) is 0. The number of nitro benzene ring substituents is 1. The number of piperazine rings is 1. The number of rotatable bonds is 7. The van der Waals surface area contributed by atoms with E-state index in [1.54, 1.807) is 36.4 Å². The number of anilines is 2. The third kappa shape index (κ3) is 4.43.